The first-order valence-electron chi connectivity index (χ1n) is 6.91. The lowest BCUT2D eigenvalue weighted by Crippen LogP contribution is -2.40. The van der Waals surface area contributed by atoms with Crippen LogP contribution in [0.5, 0.6) is 0 Å². The summed E-state index contributed by atoms with van der Waals surface area (Å²) in [5.74, 6) is 0.603. The van der Waals surface area contributed by atoms with Gasteiger partial charge in [0.25, 0.3) is 10.2 Å². The zero-order valence-corrected chi connectivity index (χ0v) is 13.2. The van der Waals surface area contributed by atoms with Gasteiger partial charge in [0.05, 0.1) is 6.04 Å². The number of nitrogens with zero attached hydrogens (tertiary/aromatic N) is 2. The van der Waals surface area contributed by atoms with Crippen molar-refractivity contribution in [1.82, 2.24) is 24.3 Å². The minimum absolute atomic E-state index is 0.379. The highest BCUT2D eigenvalue weighted by atomic mass is 32.2. The molecular formula is C12H25N5O2S. The minimum Gasteiger partial charge on any atom is -0.347 e. The van der Waals surface area contributed by atoms with Gasteiger partial charge < -0.3 is 10.3 Å². The predicted octanol–water partition coefficient (Wildman–Crippen LogP) is 0.627. The lowest BCUT2D eigenvalue weighted by molar-refractivity contribution is 0.437. The molecule has 0 saturated carbocycles. The highest BCUT2D eigenvalue weighted by Crippen LogP contribution is 2.08. The molecule has 1 atom stereocenters. The van der Waals surface area contributed by atoms with Crippen molar-refractivity contribution >= 4 is 10.2 Å². The molecule has 0 fully saturated rings. The Labute approximate surface area is 121 Å². The largest absolute Gasteiger partial charge is 0.347 e. The average Bonchev–Trinajstić information content (AvgIpc) is 2.91. The average molecular weight is 303 g/mol. The third-order valence-corrected chi connectivity index (χ3v) is 4.57. The SMILES string of the molecule is CCCNCCCN(C)S(=O)(=O)NC(C)c1ncc[nH]1. The summed E-state index contributed by atoms with van der Waals surface area (Å²) in [7, 11) is -1.90. The molecular weight excluding hydrogens is 278 g/mol. The Morgan fingerprint density at radius 2 is 2.20 bits per heavy atom. The molecule has 0 bridgehead atoms. The molecule has 0 aliphatic carbocycles. The molecule has 0 aliphatic heterocycles. The van der Waals surface area contributed by atoms with Gasteiger partial charge in [0.1, 0.15) is 5.82 Å². The number of H-pyrrole nitrogens is 1. The van der Waals surface area contributed by atoms with Crippen LogP contribution >= 0.6 is 0 Å². The van der Waals surface area contributed by atoms with Gasteiger partial charge in [0.15, 0.2) is 0 Å². The van der Waals surface area contributed by atoms with E-state index in [4.69, 9.17) is 0 Å². The van der Waals surface area contributed by atoms with Gasteiger partial charge >= 0.3 is 0 Å². The van der Waals surface area contributed by atoms with E-state index >= 15 is 0 Å². The van der Waals surface area contributed by atoms with Crippen molar-refractivity contribution in [3.8, 4) is 0 Å². The van der Waals surface area contributed by atoms with Crippen molar-refractivity contribution in [2.24, 2.45) is 0 Å². The van der Waals surface area contributed by atoms with E-state index in [1.54, 1.807) is 26.4 Å². The zero-order chi connectivity index (χ0) is 15.0. The quantitative estimate of drug-likeness (QED) is 0.553. The number of aromatic nitrogens is 2. The molecule has 7 nitrogen and oxygen atoms in total. The van der Waals surface area contributed by atoms with Crippen molar-refractivity contribution in [2.45, 2.75) is 32.7 Å². The third-order valence-electron chi connectivity index (χ3n) is 2.92. The molecule has 116 valence electrons. The van der Waals surface area contributed by atoms with E-state index in [1.807, 2.05) is 0 Å². The molecule has 0 aromatic carbocycles. The van der Waals surface area contributed by atoms with Crippen LogP contribution < -0.4 is 10.0 Å². The van der Waals surface area contributed by atoms with Crippen molar-refractivity contribution in [3.63, 3.8) is 0 Å². The van der Waals surface area contributed by atoms with Crippen LogP contribution in [0.25, 0.3) is 0 Å². The van der Waals surface area contributed by atoms with Crippen molar-refractivity contribution in [3.05, 3.63) is 18.2 Å². The number of rotatable bonds is 10. The van der Waals surface area contributed by atoms with Crippen LogP contribution in [0.3, 0.4) is 0 Å². The van der Waals surface area contributed by atoms with Crippen LogP contribution in [0.2, 0.25) is 0 Å². The Morgan fingerprint density at radius 1 is 1.45 bits per heavy atom. The van der Waals surface area contributed by atoms with Crippen LogP contribution in [0.15, 0.2) is 12.4 Å². The molecule has 8 heteroatoms. The number of imidazole rings is 1. The van der Waals surface area contributed by atoms with Crippen LogP contribution in [-0.2, 0) is 10.2 Å². The maximum Gasteiger partial charge on any atom is 0.279 e. The third kappa shape index (κ3) is 5.58. The Hall–Kier alpha value is -0.960. The first-order valence-corrected chi connectivity index (χ1v) is 8.35. The van der Waals surface area contributed by atoms with Crippen LogP contribution in [0.4, 0.5) is 0 Å². The first-order chi connectivity index (χ1) is 9.47. The summed E-state index contributed by atoms with van der Waals surface area (Å²) in [4.78, 5) is 6.94. The van der Waals surface area contributed by atoms with E-state index in [2.05, 4.69) is 26.9 Å². The molecule has 1 unspecified atom stereocenters. The van der Waals surface area contributed by atoms with E-state index < -0.39 is 10.2 Å². The van der Waals surface area contributed by atoms with Crippen molar-refractivity contribution in [2.75, 3.05) is 26.7 Å². The Kier molecular flexibility index (Phi) is 7.14. The predicted molar refractivity (Wildman–Crippen MR) is 79.5 cm³/mol. The highest BCUT2D eigenvalue weighted by molar-refractivity contribution is 7.87. The van der Waals surface area contributed by atoms with E-state index in [1.165, 1.54) is 4.31 Å². The maximum absolute atomic E-state index is 12.1. The van der Waals surface area contributed by atoms with Crippen LogP contribution in [0.1, 0.15) is 38.6 Å². The Balaban J connectivity index is 2.39. The van der Waals surface area contributed by atoms with Gasteiger partial charge in [-0.15, -0.1) is 0 Å². The summed E-state index contributed by atoms with van der Waals surface area (Å²) in [6, 6.07) is -0.379. The molecule has 0 spiro atoms. The molecule has 1 heterocycles. The molecule has 1 aromatic heterocycles. The van der Waals surface area contributed by atoms with Crippen LogP contribution in [0, 0.1) is 0 Å². The smallest absolute Gasteiger partial charge is 0.279 e. The minimum atomic E-state index is -3.48. The van der Waals surface area contributed by atoms with E-state index in [0.717, 1.165) is 25.9 Å². The summed E-state index contributed by atoms with van der Waals surface area (Å²) >= 11 is 0. The fourth-order valence-corrected chi connectivity index (χ4v) is 2.84. The van der Waals surface area contributed by atoms with E-state index in [9.17, 15) is 8.42 Å². The van der Waals surface area contributed by atoms with Gasteiger partial charge in [-0.2, -0.15) is 17.4 Å². The maximum atomic E-state index is 12.1. The molecule has 0 amide bonds. The van der Waals surface area contributed by atoms with Gasteiger partial charge in [-0.05, 0) is 32.9 Å². The molecule has 3 N–H and O–H groups in total. The lowest BCUT2D eigenvalue weighted by Gasteiger charge is -2.20. The summed E-state index contributed by atoms with van der Waals surface area (Å²) in [5, 5.41) is 3.25. The van der Waals surface area contributed by atoms with Crippen molar-refractivity contribution in [1.29, 1.82) is 0 Å². The lowest BCUT2D eigenvalue weighted by atomic mass is 10.3. The summed E-state index contributed by atoms with van der Waals surface area (Å²) in [5.41, 5.74) is 0. The Bertz CT molecular complexity index is 460. The summed E-state index contributed by atoms with van der Waals surface area (Å²) < 4.78 is 28.1. The topological polar surface area (TPSA) is 90.1 Å². The second-order valence-corrected chi connectivity index (χ2v) is 6.55. The fourth-order valence-electron chi connectivity index (χ4n) is 1.73. The molecule has 0 radical (unpaired) electrons. The highest BCUT2D eigenvalue weighted by Gasteiger charge is 2.21. The van der Waals surface area contributed by atoms with Gasteiger partial charge in [-0.1, -0.05) is 6.92 Å². The van der Waals surface area contributed by atoms with Crippen molar-refractivity contribution < 1.29 is 8.42 Å². The molecule has 1 aromatic rings. The second kappa shape index (κ2) is 8.35. The molecule has 1 rings (SSSR count). The first kappa shape index (κ1) is 17.1. The molecule has 20 heavy (non-hydrogen) atoms. The number of hydrogen-bond acceptors (Lipinski definition) is 4. The van der Waals surface area contributed by atoms with Crippen LogP contribution in [-0.4, -0.2) is 49.4 Å². The van der Waals surface area contributed by atoms with Gasteiger partial charge in [0.2, 0.25) is 0 Å². The monoisotopic (exact) mass is 303 g/mol. The Morgan fingerprint density at radius 3 is 2.80 bits per heavy atom. The number of hydrogen-bond donors (Lipinski definition) is 3. The number of nitrogens with one attached hydrogen (secondary N) is 3. The van der Waals surface area contributed by atoms with Gasteiger partial charge in [-0.3, -0.25) is 0 Å². The van der Waals surface area contributed by atoms with Gasteiger partial charge in [0, 0.05) is 26.0 Å². The summed E-state index contributed by atoms with van der Waals surface area (Å²) in [6.45, 7) is 6.12. The second-order valence-electron chi connectivity index (χ2n) is 4.74. The fraction of sp³-hybridized carbons (Fsp3) is 0.750. The molecule has 0 aliphatic rings. The van der Waals surface area contributed by atoms with E-state index in [-0.39, 0.29) is 6.04 Å². The zero-order valence-electron chi connectivity index (χ0n) is 12.4. The van der Waals surface area contributed by atoms with E-state index in [0.29, 0.717) is 12.4 Å². The standard InChI is InChI=1S/C12H25N5O2S/c1-4-6-13-7-5-10-17(3)20(18,19)16-11(2)12-14-8-9-15-12/h8-9,11,13,16H,4-7,10H2,1-3H3,(H,14,15). The normalized spacial score (nSPS) is 13.8. The molecule has 0 saturated heterocycles. The number of aromatic amines is 1. The van der Waals surface area contributed by atoms with Gasteiger partial charge in [-0.25, -0.2) is 4.98 Å². The summed E-state index contributed by atoms with van der Waals surface area (Å²) in [6.07, 6.45) is 5.13.